The van der Waals surface area contributed by atoms with E-state index < -0.39 is 5.41 Å². The van der Waals surface area contributed by atoms with E-state index in [-0.39, 0.29) is 11.4 Å². The van der Waals surface area contributed by atoms with E-state index in [1.165, 1.54) is 18.4 Å². The summed E-state index contributed by atoms with van der Waals surface area (Å²) in [5, 5.41) is 0. The standard InChI is InChI=1S/C19H28N2O/c1-18(2,17(22)21-13-7-3-4-8-14-21)15-9-5-6-10-16(15)19(20)11-12-19/h5-6,9-10H,3-4,7-8,11-14,20H2,1-2H3. The van der Waals surface area contributed by atoms with Crippen LogP contribution < -0.4 is 5.73 Å². The number of nitrogens with two attached hydrogens (primary N) is 1. The number of hydrogen-bond acceptors (Lipinski definition) is 2. The average Bonchev–Trinajstić information content (AvgIpc) is 3.30. The van der Waals surface area contributed by atoms with Gasteiger partial charge in [0.2, 0.25) is 5.91 Å². The van der Waals surface area contributed by atoms with E-state index in [2.05, 4.69) is 30.9 Å². The highest BCUT2D eigenvalue weighted by Crippen LogP contribution is 2.46. The Morgan fingerprint density at radius 1 is 1.09 bits per heavy atom. The van der Waals surface area contributed by atoms with E-state index in [0.717, 1.165) is 44.3 Å². The van der Waals surface area contributed by atoms with Crippen LogP contribution >= 0.6 is 0 Å². The number of rotatable bonds is 3. The van der Waals surface area contributed by atoms with Crippen LogP contribution in [0.3, 0.4) is 0 Å². The minimum Gasteiger partial charge on any atom is -0.342 e. The van der Waals surface area contributed by atoms with Crippen LogP contribution in [0.1, 0.15) is 63.5 Å². The van der Waals surface area contributed by atoms with Gasteiger partial charge in [-0.1, -0.05) is 37.1 Å². The average molecular weight is 300 g/mol. The molecule has 1 aromatic rings. The van der Waals surface area contributed by atoms with Gasteiger partial charge in [0.05, 0.1) is 5.41 Å². The van der Waals surface area contributed by atoms with Crippen molar-refractivity contribution >= 4 is 5.91 Å². The van der Waals surface area contributed by atoms with Crippen LogP contribution in [0.25, 0.3) is 0 Å². The van der Waals surface area contributed by atoms with E-state index >= 15 is 0 Å². The van der Waals surface area contributed by atoms with Gasteiger partial charge in [0.1, 0.15) is 0 Å². The summed E-state index contributed by atoms with van der Waals surface area (Å²) >= 11 is 0. The monoisotopic (exact) mass is 300 g/mol. The molecule has 2 fully saturated rings. The molecule has 1 aliphatic heterocycles. The van der Waals surface area contributed by atoms with Crippen molar-refractivity contribution in [3.63, 3.8) is 0 Å². The molecule has 0 unspecified atom stereocenters. The van der Waals surface area contributed by atoms with Gasteiger partial charge in [-0.15, -0.1) is 0 Å². The first kappa shape index (κ1) is 15.5. The molecule has 2 N–H and O–H groups in total. The highest BCUT2D eigenvalue weighted by molar-refractivity contribution is 5.88. The minimum atomic E-state index is -0.504. The SMILES string of the molecule is CC(C)(C(=O)N1CCCCCC1)c1ccccc1C1(N)CC1. The molecule has 0 atom stereocenters. The van der Waals surface area contributed by atoms with E-state index in [9.17, 15) is 4.79 Å². The summed E-state index contributed by atoms with van der Waals surface area (Å²) in [6.45, 7) is 5.92. The third-order valence-corrected chi connectivity index (χ3v) is 5.35. The molecular formula is C19H28N2O. The van der Waals surface area contributed by atoms with Crippen molar-refractivity contribution in [2.75, 3.05) is 13.1 Å². The van der Waals surface area contributed by atoms with Crippen molar-refractivity contribution in [1.82, 2.24) is 4.90 Å². The van der Waals surface area contributed by atoms with E-state index in [1.807, 2.05) is 12.1 Å². The molecule has 0 aromatic heterocycles. The van der Waals surface area contributed by atoms with Crippen molar-refractivity contribution in [2.45, 2.75) is 63.3 Å². The third kappa shape index (κ3) is 2.79. The second-order valence-corrected chi connectivity index (χ2v) is 7.53. The molecule has 1 amide bonds. The molecule has 0 radical (unpaired) electrons. The van der Waals surface area contributed by atoms with Crippen LogP contribution in [0.15, 0.2) is 24.3 Å². The summed E-state index contributed by atoms with van der Waals surface area (Å²) in [7, 11) is 0. The molecule has 2 aliphatic rings. The van der Waals surface area contributed by atoms with Crippen LogP contribution in [0.5, 0.6) is 0 Å². The third-order valence-electron chi connectivity index (χ3n) is 5.35. The maximum atomic E-state index is 13.2. The Labute approximate surface area is 133 Å². The summed E-state index contributed by atoms with van der Waals surface area (Å²) in [6, 6.07) is 8.28. The molecule has 0 spiro atoms. The molecule has 22 heavy (non-hydrogen) atoms. The van der Waals surface area contributed by atoms with Gasteiger partial charge in [-0.2, -0.15) is 0 Å². The number of hydrogen-bond donors (Lipinski definition) is 1. The lowest BCUT2D eigenvalue weighted by Gasteiger charge is -2.34. The molecule has 3 nitrogen and oxygen atoms in total. The molecule has 120 valence electrons. The maximum Gasteiger partial charge on any atom is 0.232 e. The topological polar surface area (TPSA) is 46.3 Å². The predicted octanol–water partition coefficient (Wildman–Crippen LogP) is 3.31. The summed E-state index contributed by atoms with van der Waals surface area (Å²) in [5.41, 5.74) is 8.02. The van der Waals surface area contributed by atoms with Crippen molar-refractivity contribution in [1.29, 1.82) is 0 Å². The maximum absolute atomic E-state index is 13.2. The molecule has 3 rings (SSSR count). The zero-order valence-corrected chi connectivity index (χ0v) is 13.9. The lowest BCUT2D eigenvalue weighted by atomic mass is 9.78. The van der Waals surface area contributed by atoms with Gasteiger partial charge in [0, 0.05) is 18.6 Å². The fraction of sp³-hybridized carbons (Fsp3) is 0.632. The van der Waals surface area contributed by atoms with Crippen LogP contribution in [0, 0.1) is 0 Å². The molecule has 1 saturated heterocycles. The summed E-state index contributed by atoms with van der Waals surface area (Å²) in [4.78, 5) is 15.2. The normalized spacial score (nSPS) is 21.3. The summed E-state index contributed by atoms with van der Waals surface area (Å²) in [6.07, 6.45) is 6.80. The van der Waals surface area contributed by atoms with E-state index in [1.54, 1.807) is 0 Å². The van der Waals surface area contributed by atoms with Gasteiger partial charge in [-0.05, 0) is 50.7 Å². The zero-order valence-electron chi connectivity index (χ0n) is 13.9. The van der Waals surface area contributed by atoms with Crippen LogP contribution in [-0.4, -0.2) is 23.9 Å². The Balaban J connectivity index is 1.90. The quantitative estimate of drug-likeness (QED) is 0.931. The van der Waals surface area contributed by atoms with Gasteiger partial charge in [0.15, 0.2) is 0 Å². The molecule has 3 heteroatoms. The second-order valence-electron chi connectivity index (χ2n) is 7.53. The van der Waals surface area contributed by atoms with Crippen LogP contribution in [0.2, 0.25) is 0 Å². The van der Waals surface area contributed by atoms with Crippen LogP contribution in [-0.2, 0) is 15.7 Å². The lowest BCUT2D eigenvalue weighted by Crippen LogP contribution is -2.45. The van der Waals surface area contributed by atoms with Crippen molar-refractivity contribution in [2.24, 2.45) is 5.73 Å². The van der Waals surface area contributed by atoms with Gasteiger partial charge >= 0.3 is 0 Å². The van der Waals surface area contributed by atoms with E-state index in [4.69, 9.17) is 5.73 Å². The van der Waals surface area contributed by atoms with Crippen LogP contribution in [0.4, 0.5) is 0 Å². The van der Waals surface area contributed by atoms with Gasteiger partial charge < -0.3 is 10.6 Å². The lowest BCUT2D eigenvalue weighted by molar-refractivity contribution is -0.136. The van der Waals surface area contributed by atoms with E-state index in [0.29, 0.717) is 0 Å². The number of carbonyl (C=O) groups is 1. The fourth-order valence-electron chi connectivity index (χ4n) is 3.65. The Hall–Kier alpha value is -1.35. The number of nitrogens with zero attached hydrogens (tertiary/aromatic N) is 1. The van der Waals surface area contributed by atoms with Gasteiger partial charge in [-0.25, -0.2) is 0 Å². The summed E-state index contributed by atoms with van der Waals surface area (Å²) in [5.74, 6) is 0.256. The largest absolute Gasteiger partial charge is 0.342 e. The number of carbonyl (C=O) groups excluding carboxylic acids is 1. The number of amides is 1. The molecule has 1 saturated carbocycles. The zero-order chi connectivity index (χ0) is 15.8. The molecule has 1 aromatic carbocycles. The molecular weight excluding hydrogens is 272 g/mol. The Bertz CT molecular complexity index is 552. The first-order valence-electron chi connectivity index (χ1n) is 8.63. The first-order valence-corrected chi connectivity index (χ1v) is 8.63. The van der Waals surface area contributed by atoms with Gasteiger partial charge in [0.25, 0.3) is 0 Å². The van der Waals surface area contributed by atoms with Crippen molar-refractivity contribution in [3.8, 4) is 0 Å². The fourth-order valence-corrected chi connectivity index (χ4v) is 3.65. The Morgan fingerprint density at radius 3 is 2.27 bits per heavy atom. The molecule has 0 bridgehead atoms. The Kier molecular flexibility index (Phi) is 4.02. The number of likely N-dealkylation sites (tertiary alicyclic amines) is 1. The molecule has 1 aliphatic carbocycles. The Morgan fingerprint density at radius 2 is 1.68 bits per heavy atom. The highest BCUT2D eigenvalue weighted by Gasteiger charge is 2.45. The number of benzene rings is 1. The predicted molar refractivity (Wildman–Crippen MR) is 89.6 cm³/mol. The minimum absolute atomic E-state index is 0.201. The summed E-state index contributed by atoms with van der Waals surface area (Å²) < 4.78 is 0. The van der Waals surface area contributed by atoms with Crippen molar-refractivity contribution < 1.29 is 4.79 Å². The molecule has 1 heterocycles. The van der Waals surface area contributed by atoms with Crippen molar-refractivity contribution in [3.05, 3.63) is 35.4 Å². The smallest absolute Gasteiger partial charge is 0.232 e. The first-order chi connectivity index (χ1) is 10.5. The second kappa shape index (κ2) is 5.69. The van der Waals surface area contributed by atoms with Gasteiger partial charge in [-0.3, -0.25) is 4.79 Å². The highest BCUT2D eigenvalue weighted by atomic mass is 16.2.